The molecule has 0 radical (unpaired) electrons. The van der Waals surface area contributed by atoms with Gasteiger partial charge in [0.15, 0.2) is 0 Å². The summed E-state index contributed by atoms with van der Waals surface area (Å²) in [7, 11) is 0. The summed E-state index contributed by atoms with van der Waals surface area (Å²) in [5.74, 6) is 0. The quantitative estimate of drug-likeness (QED) is 0.781. The van der Waals surface area contributed by atoms with Gasteiger partial charge in [0.2, 0.25) is 0 Å². The first-order valence-corrected chi connectivity index (χ1v) is 5.78. The van der Waals surface area contributed by atoms with Crippen LogP contribution in [-0.2, 0) is 6.54 Å². The topological polar surface area (TPSA) is 58.0 Å². The van der Waals surface area contributed by atoms with E-state index in [1.54, 1.807) is 11.3 Å². The molecule has 0 spiro atoms. The third kappa shape index (κ3) is 2.29. The lowest BCUT2D eigenvalue weighted by Crippen LogP contribution is -2.34. The highest BCUT2D eigenvalue weighted by Crippen LogP contribution is 2.19. The number of aliphatic hydroxyl groups excluding tert-OH is 1. The summed E-state index contributed by atoms with van der Waals surface area (Å²) >= 11 is 1.61. The Labute approximate surface area is 87.4 Å². The molecule has 1 fully saturated rings. The number of nitrogens with zero attached hydrogens (tertiary/aromatic N) is 2. The van der Waals surface area contributed by atoms with Gasteiger partial charge in [-0.25, -0.2) is 0 Å². The Morgan fingerprint density at radius 2 is 2.36 bits per heavy atom. The second-order valence-corrected chi connectivity index (χ2v) is 4.97. The standard InChI is InChI=1S/C9H15N3OS/c1-6-11-12-9(14-6)5-10-7-3-2-4-8(7)13/h7-8,10,13H,2-5H2,1H3/t7-,8-/m1/s1. The van der Waals surface area contributed by atoms with Gasteiger partial charge in [0.1, 0.15) is 10.0 Å². The molecular formula is C9H15N3OS. The van der Waals surface area contributed by atoms with Gasteiger partial charge < -0.3 is 10.4 Å². The van der Waals surface area contributed by atoms with Gasteiger partial charge in [-0.3, -0.25) is 0 Å². The van der Waals surface area contributed by atoms with Gasteiger partial charge in [0.05, 0.1) is 12.6 Å². The molecule has 2 N–H and O–H groups in total. The number of hydrogen-bond acceptors (Lipinski definition) is 5. The van der Waals surface area contributed by atoms with Crippen LogP contribution >= 0.6 is 11.3 Å². The summed E-state index contributed by atoms with van der Waals surface area (Å²) in [6.07, 6.45) is 2.93. The lowest BCUT2D eigenvalue weighted by molar-refractivity contribution is 0.148. The Kier molecular flexibility index (Phi) is 3.10. The molecule has 0 aliphatic heterocycles. The Hall–Kier alpha value is -0.520. The normalized spacial score (nSPS) is 27.0. The highest BCUT2D eigenvalue weighted by molar-refractivity contribution is 7.11. The smallest absolute Gasteiger partial charge is 0.131 e. The van der Waals surface area contributed by atoms with E-state index in [9.17, 15) is 5.11 Å². The van der Waals surface area contributed by atoms with E-state index in [-0.39, 0.29) is 12.1 Å². The summed E-state index contributed by atoms with van der Waals surface area (Å²) in [5.41, 5.74) is 0. The zero-order valence-electron chi connectivity index (χ0n) is 8.23. The van der Waals surface area contributed by atoms with E-state index >= 15 is 0 Å². The zero-order valence-corrected chi connectivity index (χ0v) is 9.05. The summed E-state index contributed by atoms with van der Waals surface area (Å²) in [6, 6.07) is 0.249. The molecule has 5 heteroatoms. The van der Waals surface area contributed by atoms with Gasteiger partial charge in [0, 0.05) is 6.04 Å². The van der Waals surface area contributed by atoms with Crippen molar-refractivity contribution in [1.29, 1.82) is 0 Å². The van der Waals surface area contributed by atoms with Crippen molar-refractivity contribution in [3.05, 3.63) is 10.0 Å². The summed E-state index contributed by atoms with van der Waals surface area (Å²) in [5, 5.41) is 22.9. The molecule has 14 heavy (non-hydrogen) atoms. The van der Waals surface area contributed by atoms with E-state index in [1.807, 2.05) is 6.92 Å². The van der Waals surface area contributed by atoms with Crippen LogP contribution in [0.2, 0.25) is 0 Å². The van der Waals surface area contributed by atoms with Crippen molar-refractivity contribution in [3.63, 3.8) is 0 Å². The molecule has 1 saturated carbocycles. The third-order valence-electron chi connectivity index (χ3n) is 2.56. The molecule has 1 aliphatic rings. The fourth-order valence-corrected chi connectivity index (χ4v) is 2.47. The second-order valence-electron chi connectivity index (χ2n) is 3.70. The molecule has 78 valence electrons. The monoisotopic (exact) mass is 213 g/mol. The fraction of sp³-hybridized carbons (Fsp3) is 0.778. The van der Waals surface area contributed by atoms with Crippen molar-refractivity contribution in [2.75, 3.05) is 0 Å². The molecule has 2 atom stereocenters. The Bertz CT molecular complexity index is 302. The van der Waals surface area contributed by atoms with Crippen LogP contribution in [0.1, 0.15) is 29.3 Å². The average Bonchev–Trinajstić information content (AvgIpc) is 2.72. The average molecular weight is 213 g/mol. The lowest BCUT2D eigenvalue weighted by atomic mass is 10.2. The van der Waals surface area contributed by atoms with Gasteiger partial charge in [-0.2, -0.15) is 0 Å². The molecule has 0 bridgehead atoms. The number of aliphatic hydroxyl groups is 1. The minimum atomic E-state index is -0.177. The van der Waals surface area contributed by atoms with E-state index in [0.717, 1.165) is 35.8 Å². The minimum Gasteiger partial charge on any atom is -0.392 e. The summed E-state index contributed by atoms with van der Waals surface area (Å²) in [4.78, 5) is 0. The fourth-order valence-electron chi connectivity index (χ4n) is 1.81. The van der Waals surface area contributed by atoms with Gasteiger partial charge in [-0.05, 0) is 26.2 Å². The molecule has 4 nitrogen and oxygen atoms in total. The molecule has 1 aliphatic carbocycles. The van der Waals surface area contributed by atoms with Gasteiger partial charge in [-0.1, -0.05) is 0 Å². The molecule has 0 amide bonds. The first-order valence-electron chi connectivity index (χ1n) is 4.96. The Balaban J connectivity index is 1.82. The molecular weight excluding hydrogens is 198 g/mol. The van der Waals surface area contributed by atoms with Crippen LogP contribution in [0.3, 0.4) is 0 Å². The molecule has 1 heterocycles. The Morgan fingerprint density at radius 1 is 1.50 bits per heavy atom. The van der Waals surface area contributed by atoms with Crippen molar-refractivity contribution in [3.8, 4) is 0 Å². The van der Waals surface area contributed by atoms with Crippen LogP contribution in [0.4, 0.5) is 0 Å². The highest BCUT2D eigenvalue weighted by Gasteiger charge is 2.24. The molecule has 0 unspecified atom stereocenters. The SMILES string of the molecule is Cc1nnc(CN[C@@H]2CCC[C@H]2O)s1. The van der Waals surface area contributed by atoms with Crippen LogP contribution in [0.25, 0.3) is 0 Å². The van der Waals surface area contributed by atoms with E-state index < -0.39 is 0 Å². The first kappa shape index (κ1) is 10.0. The molecule has 0 aromatic carbocycles. The number of hydrogen-bond donors (Lipinski definition) is 2. The number of nitrogens with one attached hydrogen (secondary N) is 1. The summed E-state index contributed by atoms with van der Waals surface area (Å²) in [6.45, 7) is 2.68. The van der Waals surface area contributed by atoms with Gasteiger partial charge >= 0.3 is 0 Å². The first-order chi connectivity index (χ1) is 6.75. The maximum Gasteiger partial charge on any atom is 0.131 e. The van der Waals surface area contributed by atoms with Crippen molar-refractivity contribution in [1.82, 2.24) is 15.5 Å². The largest absolute Gasteiger partial charge is 0.392 e. The van der Waals surface area contributed by atoms with Crippen molar-refractivity contribution < 1.29 is 5.11 Å². The molecule has 1 aromatic rings. The second kappa shape index (κ2) is 4.33. The molecule has 2 rings (SSSR count). The van der Waals surface area contributed by atoms with Crippen LogP contribution in [-0.4, -0.2) is 27.4 Å². The van der Waals surface area contributed by atoms with Crippen LogP contribution in [0.5, 0.6) is 0 Å². The third-order valence-corrected chi connectivity index (χ3v) is 3.40. The van der Waals surface area contributed by atoms with Crippen LogP contribution < -0.4 is 5.32 Å². The molecule has 0 saturated heterocycles. The number of aryl methyl sites for hydroxylation is 1. The van der Waals surface area contributed by atoms with Crippen LogP contribution in [0.15, 0.2) is 0 Å². The van der Waals surface area contributed by atoms with Crippen molar-refractivity contribution >= 4 is 11.3 Å². The minimum absolute atomic E-state index is 0.177. The van der Waals surface area contributed by atoms with E-state index in [4.69, 9.17) is 0 Å². The van der Waals surface area contributed by atoms with Crippen molar-refractivity contribution in [2.45, 2.75) is 44.9 Å². The van der Waals surface area contributed by atoms with Crippen LogP contribution in [0, 0.1) is 6.92 Å². The number of rotatable bonds is 3. The zero-order chi connectivity index (χ0) is 9.97. The highest BCUT2D eigenvalue weighted by atomic mass is 32.1. The van der Waals surface area contributed by atoms with E-state index in [0.29, 0.717) is 0 Å². The number of aromatic nitrogens is 2. The van der Waals surface area contributed by atoms with Gasteiger partial charge in [0.25, 0.3) is 0 Å². The maximum atomic E-state index is 9.58. The lowest BCUT2D eigenvalue weighted by Gasteiger charge is -2.14. The summed E-state index contributed by atoms with van der Waals surface area (Å²) < 4.78 is 0. The maximum absolute atomic E-state index is 9.58. The predicted molar refractivity (Wildman–Crippen MR) is 55.1 cm³/mol. The molecule has 1 aromatic heterocycles. The predicted octanol–water partition coefficient (Wildman–Crippen LogP) is 0.850. The van der Waals surface area contributed by atoms with E-state index in [1.165, 1.54) is 0 Å². The van der Waals surface area contributed by atoms with Gasteiger partial charge in [-0.15, -0.1) is 21.5 Å². The van der Waals surface area contributed by atoms with E-state index in [2.05, 4.69) is 15.5 Å². The van der Waals surface area contributed by atoms with Crippen molar-refractivity contribution in [2.24, 2.45) is 0 Å². The Morgan fingerprint density at radius 3 is 2.93 bits per heavy atom.